The zero-order chi connectivity index (χ0) is 82.7. The van der Waals surface area contributed by atoms with E-state index < -0.39 is 312 Å². The van der Waals surface area contributed by atoms with Crippen molar-refractivity contribution in [2.45, 2.75) is 225 Å². The van der Waals surface area contributed by atoms with Crippen LogP contribution in [-0.4, -0.2) is 365 Å². The number of carbonyl (C=O) groups is 7. The second kappa shape index (κ2) is 40.5. The summed E-state index contributed by atoms with van der Waals surface area (Å²) in [5, 5.41) is 139. The summed E-state index contributed by atoms with van der Waals surface area (Å²) in [5.41, 5.74) is 6.02. The summed E-state index contributed by atoms with van der Waals surface area (Å²) < 4.78 is 122. The molecule has 9 fully saturated rings. The van der Waals surface area contributed by atoms with E-state index in [2.05, 4.69) is 31.9 Å². The highest BCUT2D eigenvalue weighted by atomic mass is 32.2. The molecular weight excluding hydrogens is 1570 g/mol. The minimum atomic E-state index is -4.39. The lowest BCUT2D eigenvalue weighted by atomic mass is 9.95. The third-order valence-electron chi connectivity index (χ3n) is 23.4. The van der Waals surface area contributed by atoms with Crippen molar-refractivity contribution in [2.75, 3.05) is 96.2 Å². The van der Waals surface area contributed by atoms with Gasteiger partial charge in [0.1, 0.15) is 73.2 Å². The van der Waals surface area contributed by atoms with E-state index in [1.54, 1.807) is 30.3 Å². The number of ether oxygens (including phenoxy) is 6. The Morgan fingerprint density at radius 3 is 0.974 bits per heavy atom. The molecule has 0 unspecified atom stereocenters. The van der Waals surface area contributed by atoms with Crippen molar-refractivity contribution < 1.29 is 149 Å². The number of amides is 7. The number of hydrogen-bond acceptors (Lipinski definition) is 31. The summed E-state index contributed by atoms with van der Waals surface area (Å²) in [6, 6.07) is 2.00. The molecule has 0 radical (unpaired) electrons. The average Bonchev–Trinajstić information content (AvgIpc) is 1.61. The highest BCUT2D eigenvalue weighted by Gasteiger charge is 2.53. The third-order valence-corrected chi connectivity index (χ3v) is 29.1. The van der Waals surface area contributed by atoms with Crippen molar-refractivity contribution in [1.29, 1.82) is 0 Å². The van der Waals surface area contributed by atoms with Crippen molar-refractivity contribution in [3.63, 3.8) is 0 Å². The van der Waals surface area contributed by atoms with Crippen LogP contribution in [-0.2, 0) is 87.3 Å². The number of nitrogens with two attached hydrogens (primary N) is 1. The first kappa shape index (κ1) is 90.8. The van der Waals surface area contributed by atoms with Gasteiger partial charge < -0.3 is 127 Å². The Morgan fingerprint density at radius 2 is 0.658 bits per heavy atom. The second-order valence-electron chi connectivity index (χ2n) is 31.1. The van der Waals surface area contributed by atoms with Crippen molar-refractivity contribution >= 4 is 71.4 Å². The highest BCUT2D eigenvalue weighted by Crippen LogP contribution is 2.35. The second-order valence-corrected chi connectivity index (χ2v) is 37.3. The number of sulfonamides is 3. The summed E-state index contributed by atoms with van der Waals surface area (Å²) >= 11 is 0. The summed E-state index contributed by atoms with van der Waals surface area (Å²) in [4.78, 5) is 100.0. The van der Waals surface area contributed by atoms with Gasteiger partial charge in [0.05, 0.1) is 90.7 Å². The largest absolute Gasteiger partial charge is 0.394 e. The molecule has 0 spiro atoms. The number of carbonyl (C=O) groups excluding carboxylic acids is 7. The zero-order valence-corrected chi connectivity index (χ0v) is 65.4. The van der Waals surface area contributed by atoms with Crippen LogP contribution in [0.3, 0.4) is 0 Å². The first-order valence-electron chi connectivity index (χ1n) is 39.0. The number of nitrogens with zero attached hydrogens (tertiary/aromatic N) is 3. The SMILES string of the molecule is NC(=O)[C@@H]1CCC[C@H]1NC(=O)[C@@H]1CN(S(=O)(=O)CCCCO[C@@H]2O[C@H](CO)[C@H](O)[C@H](O)[C@H]2O)C[C@H]1NC(=O)[C@@H]1CCC[C@H]1NC(=O)[C@@H]1CN(S(=O)(=O)CCCCO[C@@H]2O[C@H](CO)[C@H](O)[C@H](O)[C@H]2O)C[C@H]1NC(=O)[C@@H]1CN(S(=O)(=O)CCCCO[C@@H]2O[C@H](CO)[C@H](O)[C@H](O)[C@H]2O)C[C@H]1NC(=O)[C@@H]1CCC[C@H]1NC(=O)c1ccccc1. The van der Waals surface area contributed by atoms with Crippen LogP contribution >= 0.6 is 0 Å². The van der Waals surface area contributed by atoms with Gasteiger partial charge in [-0.25, -0.2) is 25.3 Å². The lowest BCUT2D eigenvalue weighted by Crippen LogP contribution is -2.59. The number of aliphatic hydroxyl groups excluding tert-OH is 12. The van der Waals surface area contributed by atoms with E-state index in [1.807, 2.05) is 0 Å². The van der Waals surface area contributed by atoms with Gasteiger partial charge in [-0.05, 0) is 89.2 Å². The van der Waals surface area contributed by atoms with Gasteiger partial charge in [-0.1, -0.05) is 37.5 Å². The van der Waals surface area contributed by atoms with Gasteiger partial charge in [0, 0.05) is 82.8 Å². The van der Waals surface area contributed by atoms with Crippen LogP contribution in [0.25, 0.3) is 0 Å². The predicted molar refractivity (Wildman–Crippen MR) is 392 cm³/mol. The minimum absolute atomic E-state index is 0.00581. The number of unbranched alkanes of at least 4 members (excludes halogenated alkanes) is 3. The molecule has 6 aliphatic heterocycles. The number of primary amides is 1. The van der Waals surface area contributed by atoms with Gasteiger partial charge in [-0.3, -0.25) is 33.6 Å². The molecule has 6 heterocycles. The van der Waals surface area contributed by atoms with Crippen LogP contribution in [0.15, 0.2) is 30.3 Å². The predicted octanol–water partition coefficient (Wildman–Crippen LogP) is -9.33. The monoisotopic (exact) mass is 1680 g/mol. The van der Waals surface area contributed by atoms with Gasteiger partial charge in [0.25, 0.3) is 5.91 Å². The maximum atomic E-state index is 15.2. The average molecular weight is 1690 g/mol. The van der Waals surface area contributed by atoms with E-state index in [4.69, 9.17) is 34.2 Å². The first-order valence-corrected chi connectivity index (χ1v) is 43.9. The van der Waals surface area contributed by atoms with E-state index in [0.29, 0.717) is 50.5 Å². The fraction of sp³-hybridized carbons (Fsp3) is 0.814. The molecule has 27 atom stereocenters. The topological polar surface area (TPSA) is 628 Å². The van der Waals surface area contributed by atoms with Crippen LogP contribution in [0.5, 0.6) is 0 Å². The smallest absolute Gasteiger partial charge is 0.251 e. The summed E-state index contributed by atoms with van der Waals surface area (Å²) in [7, 11) is -13.0. The first-order chi connectivity index (χ1) is 54.2. The molecule has 7 amide bonds. The molecule has 646 valence electrons. The molecule has 1 aromatic rings. The number of aliphatic hydroxyl groups is 12. The molecule has 3 saturated carbocycles. The summed E-state index contributed by atoms with van der Waals surface area (Å²) in [6.45, 7) is -5.82. The molecule has 3 aliphatic carbocycles. The number of benzene rings is 1. The van der Waals surface area contributed by atoms with Gasteiger partial charge in [0.2, 0.25) is 65.5 Å². The minimum Gasteiger partial charge on any atom is -0.394 e. The standard InChI is InChI=1S/C70H112N10O31S3/c71-61(93)37-15-10-18-43(37)73-65(97)40-27-78(112(100,101)24-7-4-21-106-68-58(90)55(87)52(84)49(33-81)109-68)30-46(40)75-64(96)39-17-12-20-45(39)74-66(98)41-28-79(113(102,103)25-8-5-22-107-69-59(91)56(88)53(85)50(34-82)110-69)32-48(41)77-67(99)42-29-80(114(104,105)26-9-6-23-108-70-60(92)57(89)54(86)51(35-83)111-70)31-47(42)76-63(95)38-16-11-19-44(38)72-62(94)36-13-2-1-3-14-36/h1-3,13-14,37-60,68-70,81-92H,4-12,15-35H2,(H2,71,93)(H,72,94)(H,73,97)(H,74,98)(H,75,96)(H,76,95)(H,77,99)/t37-,38-,39-,40-,41-,42-,43-,44-,45-,46-,47-,48-,49-,50-,51-,52+,53+,54+,55+,56+,57+,58-,59-,60-,68-,69-,70-/m1/s1. The summed E-state index contributed by atoms with van der Waals surface area (Å²) in [6.07, 6.45) is -20.7. The van der Waals surface area contributed by atoms with E-state index in [-0.39, 0.29) is 71.2 Å². The third kappa shape index (κ3) is 22.1. The number of nitrogens with one attached hydrogen (secondary N) is 6. The van der Waals surface area contributed by atoms with Gasteiger partial charge in [0.15, 0.2) is 18.9 Å². The number of rotatable bonds is 37. The van der Waals surface area contributed by atoms with Crippen LogP contribution in [0.1, 0.15) is 107 Å². The fourth-order valence-electron chi connectivity index (χ4n) is 16.6. The molecule has 41 nitrogen and oxygen atoms in total. The molecule has 20 N–H and O–H groups in total. The van der Waals surface area contributed by atoms with Crippen molar-refractivity contribution in [3.05, 3.63) is 35.9 Å². The molecular formula is C70H112N10O31S3. The fourth-order valence-corrected chi connectivity index (χ4v) is 21.4. The molecule has 44 heteroatoms. The van der Waals surface area contributed by atoms with Gasteiger partial charge >= 0.3 is 0 Å². The van der Waals surface area contributed by atoms with Crippen LogP contribution in [0, 0.1) is 35.5 Å². The molecule has 10 rings (SSSR count). The summed E-state index contributed by atoms with van der Waals surface area (Å²) in [5.74, 6) is -13.2. The molecule has 6 saturated heterocycles. The van der Waals surface area contributed by atoms with Gasteiger partial charge in [-0.2, -0.15) is 12.9 Å². The Balaban J connectivity index is 0.846. The number of hydrogen-bond donors (Lipinski definition) is 19. The Bertz CT molecular complexity index is 3770. The van der Waals surface area contributed by atoms with Crippen molar-refractivity contribution in [1.82, 2.24) is 44.8 Å². The lowest BCUT2D eigenvalue weighted by Gasteiger charge is -2.39. The Labute approximate surface area is 659 Å². The van der Waals surface area contributed by atoms with Gasteiger partial charge in [-0.15, -0.1) is 0 Å². The Kier molecular flexibility index (Phi) is 32.3. The quantitative estimate of drug-likeness (QED) is 0.0275. The van der Waals surface area contributed by atoms with Crippen LogP contribution in [0.4, 0.5) is 0 Å². The molecule has 0 aromatic heterocycles. The normalized spacial score (nSPS) is 36.5. The molecule has 9 aliphatic rings. The van der Waals surface area contributed by atoms with E-state index >= 15 is 9.59 Å². The van der Waals surface area contributed by atoms with E-state index in [9.17, 15) is 111 Å². The van der Waals surface area contributed by atoms with Crippen molar-refractivity contribution in [3.8, 4) is 0 Å². The van der Waals surface area contributed by atoms with E-state index in [0.717, 1.165) is 12.9 Å². The molecule has 0 bridgehead atoms. The lowest BCUT2D eigenvalue weighted by molar-refractivity contribution is -0.301. The molecule has 114 heavy (non-hydrogen) atoms. The maximum absolute atomic E-state index is 15.2. The van der Waals surface area contributed by atoms with Crippen molar-refractivity contribution in [2.24, 2.45) is 41.2 Å². The van der Waals surface area contributed by atoms with E-state index in [1.165, 1.54) is 0 Å². The maximum Gasteiger partial charge on any atom is 0.251 e. The Morgan fingerprint density at radius 1 is 0.368 bits per heavy atom. The Hall–Kier alpha value is -5.48. The highest BCUT2D eigenvalue weighted by molar-refractivity contribution is 7.89. The van der Waals surface area contributed by atoms with Crippen LogP contribution in [0.2, 0.25) is 0 Å². The molecule has 1 aromatic carbocycles. The van der Waals surface area contributed by atoms with Crippen LogP contribution < -0.4 is 37.6 Å². The zero-order valence-electron chi connectivity index (χ0n) is 63.0.